The van der Waals surface area contributed by atoms with Gasteiger partial charge in [-0.15, -0.1) is 5.10 Å². The summed E-state index contributed by atoms with van der Waals surface area (Å²) in [4.78, 5) is 0. The van der Waals surface area contributed by atoms with Crippen molar-refractivity contribution in [2.24, 2.45) is 0 Å². The van der Waals surface area contributed by atoms with Crippen LogP contribution in [0, 0.1) is 0 Å². The number of methoxy groups -OCH3 is 1. The summed E-state index contributed by atoms with van der Waals surface area (Å²) in [5.74, 6) is 0.748. The van der Waals surface area contributed by atoms with Gasteiger partial charge in [0.1, 0.15) is 5.75 Å². The zero-order valence-electron chi connectivity index (χ0n) is 12.4. The molecule has 2 rings (SSSR count). The highest BCUT2D eigenvalue weighted by Gasteiger charge is 2.13. The number of benzene rings is 1. The van der Waals surface area contributed by atoms with E-state index in [2.05, 4.69) is 68.3 Å². The summed E-state index contributed by atoms with van der Waals surface area (Å²) in [6.07, 6.45) is 1.91. The number of aromatic nitrogens is 3. The molecule has 1 N–H and O–H groups in total. The fourth-order valence-corrected chi connectivity index (χ4v) is 3.04. The Labute approximate surface area is 141 Å². The zero-order chi connectivity index (χ0) is 15.6. The lowest BCUT2D eigenvalue weighted by molar-refractivity contribution is 0.411. The molecule has 0 fully saturated rings. The normalized spacial score (nSPS) is 11.7. The third-order valence-corrected chi connectivity index (χ3v) is 4.06. The fourth-order valence-electron chi connectivity index (χ4n) is 1.70. The minimum absolute atomic E-state index is 0.0468. The van der Waals surface area contributed by atoms with Crippen molar-refractivity contribution in [3.8, 4) is 11.4 Å². The highest BCUT2D eigenvalue weighted by atomic mass is 79.9. The number of halogens is 2. The number of ether oxygens (including phenoxy) is 1. The minimum atomic E-state index is 0.0468. The maximum Gasteiger partial charge on any atom is 0.135 e. The Hall–Kier alpha value is -0.920. The van der Waals surface area contributed by atoms with Crippen LogP contribution in [0.4, 0.5) is 0 Å². The molecule has 0 aliphatic carbocycles. The summed E-state index contributed by atoms with van der Waals surface area (Å²) in [6.45, 7) is 7.03. The van der Waals surface area contributed by atoms with Crippen LogP contribution in [0.2, 0.25) is 0 Å². The molecule has 0 unspecified atom stereocenters. The lowest BCUT2D eigenvalue weighted by Gasteiger charge is -2.19. The number of nitrogens with zero attached hydrogens (tertiary/aromatic N) is 3. The largest absolute Gasteiger partial charge is 0.495 e. The van der Waals surface area contributed by atoms with Crippen molar-refractivity contribution in [2.75, 3.05) is 7.11 Å². The van der Waals surface area contributed by atoms with Gasteiger partial charge in [0, 0.05) is 22.6 Å². The van der Waals surface area contributed by atoms with Crippen LogP contribution in [0.25, 0.3) is 5.69 Å². The van der Waals surface area contributed by atoms with E-state index < -0.39 is 0 Å². The molecular weight excluding hydrogens is 400 g/mol. The van der Waals surface area contributed by atoms with Crippen molar-refractivity contribution >= 4 is 31.9 Å². The van der Waals surface area contributed by atoms with E-state index in [9.17, 15) is 0 Å². The average Bonchev–Trinajstić information content (AvgIpc) is 2.84. The van der Waals surface area contributed by atoms with Crippen molar-refractivity contribution in [3.63, 3.8) is 0 Å². The van der Waals surface area contributed by atoms with Gasteiger partial charge in [0.15, 0.2) is 0 Å². The van der Waals surface area contributed by atoms with Crippen LogP contribution in [-0.4, -0.2) is 27.6 Å². The highest BCUT2D eigenvalue weighted by molar-refractivity contribution is 9.11. The first-order valence-electron chi connectivity index (χ1n) is 6.50. The van der Waals surface area contributed by atoms with Crippen LogP contribution in [0.1, 0.15) is 26.5 Å². The van der Waals surface area contributed by atoms with Crippen LogP contribution in [0.3, 0.4) is 0 Å². The van der Waals surface area contributed by atoms with Gasteiger partial charge in [-0.1, -0.05) is 5.21 Å². The molecule has 0 radical (unpaired) electrons. The van der Waals surface area contributed by atoms with Gasteiger partial charge >= 0.3 is 0 Å². The van der Waals surface area contributed by atoms with Crippen molar-refractivity contribution < 1.29 is 4.74 Å². The summed E-state index contributed by atoms with van der Waals surface area (Å²) in [7, 11) is 1.64. The molecule has 0 amide bonds. The van der Waals surface area contributed by atoms with E-state index in [1.165, 1.54) is 0 Å². The van der Waals surface area contributed by atoms with Gasteiger partial charge in [0.25, 0.3) is 0 Å². The summed E-state index contributed by atoms with van der Waals surface area (Å²) in [5, 5.41) is 11.8. The van der Waals surface area contributed by atoms with Crippen LogP contribution < -0.4 is 10.1 Å². The van der Waals surface area contributed by atoms with E-state index in [1.54, 1.807) is 11.8 Å². The fraction of sp³-hybridized carbons (Fsp3) is 0.429. The molecule has 0 aliphatic rings. The summed E-state index contributed by atoms with van der Waals surface area (Å²) < 4.78 is 8.85. The van der Waals surface area contributed by atoms with Crippen molar-refractivity contribution in [2.45, 2.75) is 32.9 Å². The van der Waals surface area contributed by atoms with Crippen molar-refractivity contribution in [1.29, 1.82) is 0 Å². The first kappa shape index (κ1) is 16.5. The first-order valence-corrected chi connectivity index (χ1v) is 8.08. The lowest BCUT2D eigenvalue weighted by Crippen LogP contribution is -2.35. The Morgan fingerprint density at radius 2 is 1.95 bits per heavy atom. The molecule has 114 valence electrons. The minimum Gasteiger partial charge on any atom is -0.495 e. The second-order valence-electron chi connectivity index (χ2n) is 5.70. The Bertz CT molecular complexity index is 634. The summed E-state index contributed by atoms with van der Waals surface area (Å²) >= 11 is 6.99. The van der Waals surface area contributed by atoms with Gasteiger partial charge in [-0.05, 0) is 58.7 Å². The second kappa shape index (κ2) is 6.46. The van der Waals surface area contributed by atoms with Crippen LogP contribution in [0.15, 0.2) is 27.3 Å². The Balaban J connectivity index is 2.25. The van der Waals surface area contributed by atoms with Crippen LogP contribution in [0.5, 0.6) is 5.75 Å². The van der Waals surface area contributed by atoms with Crippen molar-refractivity contribution in [1.82, 2.24) is 20.3 Å². The SMILES string of the molecule is COc1cc(-n2cc(CNC(C)(C)C)nn2)c(Br)cc1Br. The molecule has 21 heavy (non-hydrogen) atoms. The molecule has 0 atom stereocenters. The second-order valence-corrected chi connectivity index (χ2v) is 7.40. The van der Waals surface area contributed by atoms with Gasteiger partial charge < -0.3 is 10.1 Å². The third-order valence-electron chi connectivity index (χ3n) is 2.81. The van der Waals surface area contributed by atoms with Gasteiger partial charge in [0.05, 0.1) is 29.2 Å². The maximum atomic E-state index is 5.32. The Kier molecular flexibility index (Phi) is 5.06. The molecule has 5 nitrogen and oxygen atoms in total. The lowest BCUT2D eigenvalue weighted by atomic mass is 10.1. The average molecular weight is 418 g/mol. The number of hydrogen-bond donors (Lipinski definition) is 1. The topological polar surface area (TPSA) is 52.0 Å². The molecule has 0 saturated carbocycles. The molecule has 0 spiro atoms. The molecule has 0 bridgehead atoms. The first-order chi connectivity index (χ1) is 9.80. The van der Waals surface area contributed by atoms with Gasteiger partial charge in [-0.25, -0.2) is 4.68 Å². The number of nitrogens with one attached hydrogen (secondary N) is 1. The quantitative estimate of drug-likeness (QED) is 0.824. The van der Waals surface area contributed by atoms with Crippen LogP contribution in [-0.2, 0) is 6.54 Å². The third kappa shape index (κ3) is 4.28. The van der Waals surface area contributed by atoms with E-state index >= 15 is 0 Å². The predicted octanol–water partition coefficient (Wildman–Crippen LogP) is 3.69. The summed E-state index contributed by atoms with van der Waals surface area (Å²) in [5.41, 5.74) is 1.81. The number of rotatable bonds is 4. The molecule has 2 aromatic rings. The Morgan fingerprint density at radius 3 is 2.57 bits per heavy atom. The maximum absolute atomic E-state index is 5.32. The van der Waals surface area contributed by atoms with Crippen LogP contribution >= 0.6 is 31.9 Å². The molecule has 0 saturated heterocycles. The highest BCUT2D eigenvalue weighted by Crippen LogP contribution is 2.33. The summed E-state index contributed by atoms with van der Waals surface area (Å²) in [6, 6.07) is 3.84. The van der Waals surface area contributed by atoms with E-state index in [-0.39, 0.29) is 5.54 Å². The van der Waals surface area contributed by atoms with Gasteiger partial charge in [-0.2, -0.15) is 0 Å². The van der Waals surface area contributed by atoms with E-state index in [0.717, 1.165) is 26.1 Å². The predicted molar refractivity (Wildman–Crippen MR) is 89.9 cm³/mol. The van der Waals surface area contributed by atoms with E-state index in [1.807, 2.05) is 18.3 Å². The molecule has 1 heterocycles. The smallest absolute Gasteiger partial charge is 0.135 e. The molecule has 7 heteroatoms. The molecule has 0 aliphatic heterocycles. The molecule has 1 aromatic carbocycles. The zero-order valence-corrected chi connectivity index (χ0v) is 15.6. The van der Waals surface area contributed by atoms with E-state index in [4.69, 9.17) is 4.74 Å². The van der Waals surface area contributed by atoms with Gasteiger partial charge in [-0.3, -0.25) is 0 Å². The van der Waals surface area contributed by atoms with E-state index in [0.29, 0.717) is 6.54 Å². The monoisotopic (exact) mass is 416 g/mol. The van der Waals surface area contributed by atoms with Gasteiger partial charge in [0.2, 0.25) is 0 Å². The number of hydrogen-bond acceptors (Lipinski definition) is 4. The Morgan fingerprint density at radius 1 is 1.24 bits per heavy atom. The van der Waals surface area contributed by atoms with Crippen molar-refractivity contribution in [3.05, 3.63) is 33.0 Å². The molecular formula is C14H18Br2N4O. The molecule has 1 aromatic heterocycles. The standard InChI is InChI=1S/C14H18Br2N4O/c1-14(2,3)17-7-9-8-20(19-18-9)12-6-13(21-4)11(16)5-10(12)15/h5-6,8,17H,7H2,1-4H3.